The van der Waals surface area contributed by atoms with Crippen LogP contribution in [0.15, 0.2) is 30.3 Å². The number of nitrogens with one attached hydrogen (secondary N) is 1. The first-order chi connectivity index (χ1) is 15.7. The molecule has 0 saturated heterocycles. The lowest BCUT2D eigenvalue weighted by atomic mass is 9.84. The SMILES string of the molecule is CCOC(=O)[C@@H]1C2CCC(C2)[C@@H]1NC(=O)c1nn(Cc2ccccc2)c2c1CCCCC2. The van der Waals surface area contributed by atoms with E-state index < -0.39 is 0 Å². The number of hydrogen-bond acceptors (Lipinski definition) is 4. The second-order valence-electron chi connectivity index (χ2n) is 9.59. The average Bonchev–Trinajstić information content (AvgIpc) is 3.43. The van der Waals surface area contributed by atoms with Crippen LogP contribution in [0.5, 0.6) is 0 Å². The van der Waals surface area contributed by atoms with Crippen molar-refractivity contribution in [3.63, 3.8) is 0 Å². The number of fused-ring (bicyclic) bond motifs is 3. The quantitative estimate of drug-likeness (QED) is 0.552. The maximum atomic E-state index is 13.5. The minimum atomic E-state index is -0.220. The minimum absolute atomic E-state index is 0.123. The van der Waals surface area contributed by atoms with E-state index in [9.17, 15) is 9.59 Å². The first-order valence-electron chi connectivity index (χ1n) is 12.3. The third-order valence-electron chi connectivity index (χ3n) is 7.67. The van der Waals surface area contributed by atoms with Gasteiger partial charge in [0, 0.05) is 17.3 Å². The Hall–Kier alpha value is -2.63. The molecular weight excluding hydrogens is 402 g/mol. The molecule has 6 nitrogen and oxygen atoms in total. The van der Waals surface area contributed by atoms with E-state index in [1.54, 1.807) is 0 Å². The van der Waals surface area contributed by atoms with Crippen LogP contribution in [0.4, 0.5) is 0 Å². The Bertz CT molecular complexity index is 984. The first kappa shape index (κ1) is 21.2. The van der Waals surface area contributed by atoms with Crippen molar-refractivity contribution in [3.8, 4) is 0 Å². The molecule has 2 unspecified atom stereocenters. The molecule has 2 aromatic rings. The van der Waals surface area contributed by atoms with Gasteiger partial charge < -0.3 is 10.1 Å². The third-order valence-corrected chi connectivity index (χ3v) is 7.67. The second kappa shape index (κ2) is 9.08. The lowest BCUT2D eigenvalue weighted by Gasteiger charge is -2.30. The van der Waals surface area contributed by atoms with Gasteiger partial charge in [-0.25, -0.2) is 0 Å². The Morgan fingerprint density at radius 3 is 2.69 bits per heavy atom. The highest BCUT2D eigenvalue weighted by atomic mass is 16.5. The van der Waals surface area contributed by atoms with E-state index in [1.807, 2.05) is 29.8 Å². The van der Waals surface area contributed by atoms with Crippen molar-refractivity contribution in [1.82, 2.24) is 15.1 Å². The number of esters is 1. The fraction of sp³-hybridized carbons (Fsp3) is 0.577. The van der Waals surface area contributed by atoms with Gasteiger partial charge in [0.05, 0.1) is 19.1 Å². The highest BCUT2D eigenvalue weighted by molar-refractivity contribution is 5.94. The monoisotopic (exact) mass is 435 g/mol. The molecule has 170 valence electrons. The van der Waals surface area contributed by atoms with Gasteiger partial charge in [-0.15, -0.1) is 0 Å². The highest BCUT2D eigenvalue weighted by Crippen LogP contribution is 2.49. The smallest absolute Gasteiger partial charge is 0.311 e. The van der Waals surface area contributed by atoms with Crippen LogP contribution < -0.4 is 5.32 Å². The first-order valence-corrected chi connectivity index (χ1v) is 12.3. The number of nitrogens with zero attached hydrogens (tertiary/aromatic N) is 2. The van der Waals surface area contributed by atoms with Crippen molar-refractivity contribution in [2.24, 2.45) is 17.8 Å². The summed E-state index contributed by atoms with van der Waals surface area (Å²) >= 11 is 0. The molecule has 2 fully saturated rings. The Balaban J connectivity index is 1.41. The summed E-state index contributed by atoms with van der Waals surface area (Å²) in [5, 5.41) is 8.08. The number of ether oxygens (including phenoxy) is 1. The van der Waals surface area contributed by atoms with Gasteiger partial charge in [-0.3, -0.25) is 14.3 Å². The molecule has 0 spiro atoms. The fourth-order valence-electron chi connectivity index (χ4n) is 6.21. The lowest BCUT2D eigenvalue weighted by Crippen LogP contribution is -2.47. The van der Waals surface area contributed by atoms with Gasteiger partial charge in [-0.05, 0) is 69.3 Å². The number of carbonyl (C=O) groups excluding carboxylic acids is 2. The molecule has 1 amide bonds. The zero-order chi connectivity index (χ0) is 22.1. The molecule has 3 aliphatic carbocycles. The van der Waals surface area contributed by atoms with E-state index in [0.717, 1.165) is 50.5 Å². The Kier molecular flexibility index (Phi) is 6.03. The molecule has 1 N–H and O–H groups in total. The van der Waals surface area contributed by atoms with Crippen molar-refractivity contribution in [1.29, 1.82) is 0 Å². The van der Waals surface area contributed by atoms with Crippen LogP contribution in [-0.4, -0.2) is 34.3 Å². The second-order valence-corrected chi connectivity index (χ2v) is 9.59. The molecule has 5 rings (SSSR count). The maximum absolute atomic E-state index is 13.5. The zero-order valence-electron chi connectivity index (χ0n) is 18.9. The van der Waals surface area contributed by atoms with Gasteiger partial charge in [0.2, 0.25) is 0 Å². The van der Waals surface area contributed by atoms with Crippen LogP contribution in [0.25, 0.3) is 0 Å². The minimum Gasteiger partial charge on any atom is -0.466 e. The topological polar surface area (TPSA) is 73.2 Å². The van der Waals surface area contributed by atoms with Crippen molar-refractivity contribution < 1.29 is 14.3 Å². The number of benzene rings is 1. The Morgan fingerprint density at radius 2 is 1.88 bits per heavy atom. The number of amides is 1. The van der Waals surface area contributed by atoms with Gasteiger partial charge in [-0.2, -0.15) is 5.10 Å². The number of hydrogen-bond donors (Lipinski definition) is 1. The lowest BCUT2D eigenvalue weighted by molar-refractivity contribution is -0.150. The van der Waals surface area contributed by atoms with Gasteiger partial charge in [0.15, 0.2) is 5.69 Å². The van der Waals surface area contributed by atoms with E-state index in [-0.39, 0.29) is 23.8 Å². The molecular formula is C26H33N3O3. The number of aromatic nitrogens is 2. The van der Waals surface area contributed by atoms with E-state index in [1.165, 1.54) is 17.7 Å². The van der Waals surface area contributed by atoms with Gasteiger partial charge >= 0.3 is 5.97 Å². The third kappa shape index (κ3) is 3.96. The van der Waals surface area contributed by atoms with Crippen molar-refractivity contribution >= 4 is 11.9 Å². The molecule has 3 aliphatic rings. The van der Waals surface area contributed by atoms with Crippen LogP contribution in [0.3, 0.4) is 0 Å². The summed E-state index contributed by atoms with van der Waals surface area (Å²) in [7, 11) is 0. The van der Waals surface area contributed by atoms with Crippen LogP contribution >= 0.6 is 0 Å². The Morgan fingerprint density at radius 1 is 1.09 bits per heavy atom. The summed E-state index contributed by atoms with van der Waals surface area (Å²) in [5.41, 5.74) is 4.05. The van der Waals surface area contributed by atoms with Crippen LogP contribution in [-0.2, 0) is 28.9 Å². The molecule has 4 atom stereocenters. The molecule has 0 radical (unpaired) electrons. The summed E-state index contributed by atoms with van der Waals surface area (Å²) in [4.78, 5) is 26.2. The van der Waals surface area contributed by atoms with Crippen LogP contribution in [0.2, 0.25) is 0 Å². The van der Waals surface area contributed by atoms with E-state index >= 15 is 0 Å². The summed E-state index contributed by atoms with van der Waals surface area (Å²) in [6, 6.07) is 10.2. The molecule has 2 saturated carbocycles. The molecule has 2 bridgehead atoms. The van der Waals surface area contributed by atoms with Crippen molar-refractivity contribution in [2.75, 3.05) is 6.61 Å². The summed E-state index contributed by atoms with van der Waals surface area (Å²) in [6.07, 6.45) is 8.39. The van der Waals surface area contributed by atoms with Crippen LogP contribution in [0, 0.1) is 17.8 Å². The normalized spacial score (nSPS) is 26.4. The standard InChI is InChI=1S/C26H33N3O3/c1-2-32-26(31)22-18-13-14-19(15-18)23(22)27-25(30)24-20-11-7-4-8-12-21(20)29(28-24)16-17-9-5-3-6-10-17/h3,5-6,9-10,18-19,22-23H,2,4,7-8,11-16H2,1H3,(H,27,30)/t18?,19?,22-,23+/m1/s1. The fourth-order valence-corrected chi connectivity index (χ4v) is 6.21. The zero-order valence-corrected chi connectivity index (χ0v) is 18.9. The van der Waals surface area contributed by atoms with Crippen molar-refractivity contribution in [3.05, 3.63) is 52.8 Å². The van der Waals surface area contributed by atoms with E-state index in [0.29, 0.717) is 30.7 Å². The summed E-state index contributed by atoms with van der Waals surface area (Å²) < 4.78 is 7.40. The van der Waals surface area contributed by atoms with Crippen LogP contribution in [0.1, 0.15) is 72.8 Å². The number of rotatable bonds is 6. The molecule has 1 aromatic carbocycles. The summed E-state index contributed by atoms with van der Waals surface area (Å²) in [6.45, 7) is 2.90. The van der Waals surface area contributed by atoms with Gasteiger partial charge in [0.25, 0.3) is 5.91 Å². The number of carbonyl (C=O) groups is 2. The highest BCUT2D eigenvalue weighted by Gasteiger charge is 2.52. The molecule has 6 heteroatoms. The van der Waals surface area contributed by atoms with Gasteiger partial charge in [0.1, 0.15) is 0 Å². The van der Waals surface area contributed by atoms with E-state index in [2.05, 4.69) is 17.4 Å². The van der Waals surface area contributed by atoms with E-state index in [4.69, 9.17) is 9.84 Å². The van der Waals surface area contributed by atoms with Gasteiger partial charge in [-0.1, -0.05) is 36.8 Å². The predicted octanol–water partition coefficient (Wildman–Crippen LogP) is 3.91. The average molecular weight is 436 g/mol. The molecule has 1 heterocycles. The molecule has 32 heavy (non-hydrogen) atoms. The molecule has 0 aliphatic heterocycles. The predicted molar refractivity (Wildman–Crippen MR) is 121 cm³/mol. The molecule has 1 aromatic heterocycles. The largest absolute Gasteiger partial charge is 0.466 e. The van der Waals surface area contributed by atoms with Crippen molar-refractivity contribution in [2.45, 2.75) is 70.9 Å². The maximum Gasteiger partial charge on any atom is 0.311 e. The Labute approximate surface area is 189 Å². The summed E-state index contributed by atoms with van der Waals surface area (Å²) in [5.74, 6) is 0.198.